The van der Waals surface area contributed by atoms with Gasteiger partial charge in [-0.25, -0.2) is 0 Å². The summed E-state index contributed by atoms with van der Waals surface area (Å²) in [4.78, 5) is 2.67. The van der Waals surface area contributed by atoms with Gasteiger partial charge in [0.15, 0.2) is 0 Å². The van der Waals surface area contributed by atoms with Gasteiger partial charge in [0.2, 0.25) is 0 Å². The van der Waals surface area contributed by atoms with Crippen molar-refractivity contribution in [3.05, 3.63) is 58.6 Å². The second-order valence-electron chi connectivity index (χ2n) is 4.86. The highest BCUT2D eigenvalue weighted by molar-refractivity contribution is 7.99. The Labute approximate surface area is 111 Å². The molecule has 0 atom stereocenters. The van der Waals surface area contributed by atoms with Crippen LogP contribution in [0.3, 0.4) is 0 Å². The highest BCUT2D eigenvalue weighted by atomic mass is 35.5. The molecule has 17 heavy (non-hydrogen) atoms. The van der Waals surface area contributed by atoms with Crippen LogP contribution in [0.25, 0.3) is 0 Å². The zero-order valence-corrected chi connectivity index (χ0v) is 11.4. The third-order valence-corrected chi connectivity index (χ3v) is 4.78. The topological polar surface area (TPSA) is 0 Å². The minimum absolute atomic E-state index is 0.0298. The maximum Gasteiger partial charge on any atom is 0.0409 e. The van der Waals surface area contributed by atoms with Gasteiger partial charge in [0.25, 0.3) is 0 Å². The molecular formula is C15H13ClS. The molecule has 0 radical (unpaired) electrons. The largest absolute Gasteiger partial charge is 0.0895 e. The van der Waals surface area contributed by atoms with Crippen molar-refractivity contribution in [2.75, 3.05) is 0 Å². The van der Waals surface area contributed by atoms with Gasteiger partial charge in [-0.3, -0.25) is 0 Å². The fourth-order valence-corrected chi connectivity index (χ4v) is 3.96. The Bertz CT molecular complexity index is 587. The number of hydrogen-bond donors (Lipinski definition) is 0. The van der Waals surface area contributed by atoms with Gasteiger partial charge in [0, 0.05) is 20.2 Å². The smallest absolute Gasteiger partial charge is 0.0409 e. The predicted molar refractivity (Wildman–Crippen MR) is 74.1 cm³/mol. The minimum atomic E-state index is 0.0298. The molecule has 0 aromatic heterocycles. The van der Waals surface area contributed by atoms with E-state index in [9.17, 15) is 0 Å². The van der Waals surface area contributed by atoms with Gasteiger partial charge in [-0.2, -0.15) is 0 Å². The first kappa shape index (κ1) is 11.2. The molecule has 0 fully saturated rings. The standard InChI is InChI=1S/C15H13ClS/c1-15(2)11-5-3-4-6-13(11)17-14-8-7-10(16)9-12(14)15/h3-9H,1-2H3. The Morgan fingerprint density at radius 2 is 1.65 bits per heavy atom. The van der Waals surface area contributed by atoms with Gasteiger partial charge in [-0.1, -0.05) is 55.4 Å². The van der Waals surface area contributed by atoms with Crippen LogP contribution in [-0.2, 0) is 5.41 Å². The predicted octanol–water partition coefficient (Wildman–Crippen LogP) is 5.13. The van der Waals surface area contributed by atoms with E-state index in [1.54, 1.807) is 0 Å². The van der Waals surface area contributed by atoms with Crippen molar-refractivity contribution in [1.29, 1.82) is 0 Å². The van der Waals surface area contributed by atoms with E-state index < -0.39 is 0 Å². The van der Waals surface area contributed by atoms with Crippen LogP contribution in [-0.4, -0.2) is 0 Å². The molecule has 0 amide bonds. The Balaban J connectivity index is 2.27. The van der Waals surface area contributed by atoms with Gasteiger partial charge >= 0.3 is 0 Å². The molecule has 3 rings (SSSR count). The zero-order chi connectivity index (χ0) is 12.0. The lowest BCUT2D eigenvalue weighted by Crippen LogP contribution is -2.23. The number of rotatable bonds is 0. The summed E-state index contributed by atoms with van der Waals surface area (Å²) in [5, 5.41) is 0.816. The maximum atomic E-state index is 6.12. The zero-order valence-electron chi connectivity index (χ0n) is 9.83. The van der Waals surface area contributed by atoms with Crippen LogP contribution in [0.1, 0.15) is 25.0 Å². The molecule has 0 saturated carbocycles. The number of fused-ring (bicyclic) bond motifs is 2. The van der Waals surface area contributed by atoms with Crippen molar-refractivity contribution in [1.82, 2.24) is 0 Å². The Morgan fingerprint density at radius 3 is 2.47 bits per heavy atom. The molecule has 0 saturated heterocycles. The lowest BCUT2D eigenvalue weighted by atomic mass is 9.78. The van der Waals surface area contributed by atoms with E-state index in [0.717, 1.165) is 5.02 Å². The van der Waals surface area contributed by atoms with Gasteiger partial charge in [0.1, 0.15) is 0 Å². The third kappa shape index (κ3) is 1.69. The lowest BCUT2D eigenvalue weighted by molar-refractivity contribution is 0.607. The van der Waals surface area contributed by atoms with Crippen molar-refractivity contribution >= 4 is 23.4 Å². The van der Waals surface area contributed by atoms with Crippen molar-refractivity contribution < 1.29 is 0 Å². The first-order valence-corrected chi connectivity index (χ1v) is 6.86. The molecule has 1 heterocycles. The van der Waals surface area contributed by atoms with Gasteiger partial charge in [-0.15, -0.1) is 0 Å². The average Bonchev–Trinajstić information content (AvgIpc) is 2.31. The highest BCUT2D eigenvalue weighted by Crippen LogP contribution is 2.49. The maximum absolute atomic E-state index is 6.12. The molecule has 2 aromatic rings. The molecule has 1 aliphatic heterocycles. The summed E-state index contributed by atoms with van der Waals surface area (Å²) in [7, 11) is 0. The van der Waals surface area contributed by atoms with E-state index in [0.29, 0.717) is 0 Å². The SMILES string of the molecule is CC1(C)c2ccccc2Sc2ccc(Cl)cc21. The van der Waals surface area contributed by atoms with Crippen molar-refractivity contribution in [2.24, 2.45) is 0 Å². The summed E-state index contributed by atoms with van der Waals surface area (Å²) in [6.07, 6.45) is 0. The van der Waals surface area contributed by atoms with E-state index in [4.69, 9.17) is 11.6 Å². The molecule has 1 aliphatic rings. The van der Waals surface area contributed by atoms with Gasteiger partial charge in [-0.05, 0) is 35.4 Å². The number of halogens is 1. The summed E-state index contributed by atoms with van der Waals surface area (Å²) in [6, 6.07) is 14.8. The fourth-order valence-electron chi connectivity index (χ4n) is 2.42. The fraction of sp³-hybridized carbons (Fsp3) is 0.200. The summed E-state index contributed by atoms with van der Waals surface area (Å²) >= 11 is 7.96. The molecule has 0 N–H and O–H groups in total. The number of benzene rings is 2. The first-order chi connectivity index (χ1) is 8.09. The van der Waals surface area contributed by atoms with E-state index >= 15 is 0 Å². The molecule has 86 valence electrons. The molecular weight excluding hydrogens is 248 g/mol. The summed E-state index contributed by atoms with van der Waals surface area (Å²) < 4.78 is 0. The van der Waals surface area contributed by atoms with Crippen LogP contribution in [0.5, 0.6) is 0 Å². The molecule has 2 aromatic carbocycles. The molecule has 0 aliphatic carbocycles. The minimum Gasteiger partial charge on any atom is -0.0895 e. The monoisotopic (exact) mass is 260 g/mol. The summed E-state index contributed by atoms with van der Waals surface area (Å²) in [6.45, 7) is 4.53. The Hall–Kier alpha value is -0.920. The quantitative estimate of drug-likeness (QED) is 0.633. The van der Waals surface area contributed by atoms with Crippen LogP contribution in [0, 0.1) is 0 Å². The van der Waals surface area contributed by atoms with Crippen LogP contribution in [0.2, 0.25) is 5.02 Å². The van der Waals surface area contributed by atoms with E-state index in [1.165, 1.54) is 20.9 Å². The Morgan fingerprint density at radius 1 is 0.941 bits per heavy atom. The van der Waals surface area contributed by atoms with E-state index in [-0.39, 0.29) is 5.41 Å². The van der Waals surface area contributed by atoms with Crippen molar-refractivity contribution in [3.8, 4) is 0 Å². The van der Waals surface area contributed by atoms with E-state index in [1.807, 2.05) is 17.8 Å². The van der Waals surface area contributed by atoms with Crippen molar-refractivity contribution in [2.45, 2.75) is 29.1 Å². The second kappa shape index (κ2) is 3.79. The first-order valence-electron chi connectivity index (χ1n) is 5.66. The second-order valence-corrected chi connectivity index (χ2v) is 6.38. The summed E-state index contributed by atoms with van der Waals surface area (Å²) in [5.74, 6) is 0. The van der Waals surface area contributed by atoms with Crippen LogP contribution < -0.4 is 0 Å². The average molecular weight is 261 g/mol. The van der Waals surface area contributed by atoms with Gasteiger partial charge in [0.05, 0.1) is 0 Å². The lowest BCUT2D eigenvalue weighted by Gasteiger charge is -2.34. The molecule has 0 bridgehead atoms. The summed E-state index contributed by atoms with van der Waals surface area (Å²) in [5.41, 5.74) is 2.75. The molecule has 2 heteroatoms. The molecule has 0 spiro atoms. The van der Waals surface area contributed by atoms with Gasteiger partial charge < -0.3 is 0 Å². The molecule has 0 unspecified atom stereocenters. The third-order valence-electron chi connectivity index (χ3n) is 3.40. The highest BCUT2D eigenvalue weighted by Gasteiger charge is 2.32. The van der Waals surface area contributed by atoms with Crippen LogP contribution >= 0.6 is 23.4 Å². The Kier molecular flexibility index (Phi) is 2.49. The van der Waals surface area contributed by atoms with Crippen LogP contribution in [0.4, 0.5) is 0 Å². The van der Waals surface area contributed by atoms with Crippen molar-refractivity contribution in [3.63, 3.8) is 0 Å². The molecule has 0 nitrogen and oxygen atoms in total. The van der Waals surface area contributed by atoms with Crippen LogP contribution in [0.15, 0.2) is 52.3 Å². The van der Waals surface area contributed by atoms with E-state index in [2.05, 4.69) is 50.2 Å². The normalized spacial score (nSPS) is 16.2. The number of hydrogen-bond acceptors (Lipinski definition) is 1.